The molecule has 1 heterocycles. The molecule has 3 nitrogen and oxygen atoms in total. The van der Waals surface area contributed by atoms with E-state index in [1.807, 2.05) is 49.4 Å². The largest absolute Gasteiger partial charge is 0.490 e. The number of hydrogen-bond donors (Lipinski definition) is 1. The molecule has 110 valence electrons. The van der Waals surface area contributed by atoms with E-state index in [0.29, 0.717) is 18.2 Å². The molecule has 0 radical (unpaired) electrons. The van der Waals surface area contributed by atoms with Gasteiger partial charge < -0.3 is 15.2 Å². The lowest BCUT2D eigenvalue weighted by Crippen LogP contribution is -2.34. The van der Waals surface area contributed by atoms with Crippen LogP contribution in [0.2, 0.25) is 5.02 Å². The number of hydrogen-bond acceptors (Lipinski definition) is 3. The smallest absolute Gasteiger partial charge is 0.161 e. The van der Waals surface area contributed by atoms with E-state index in [9.17, 15) is 0 Å². The topological polar surface area (TPSA) is 44.5 Å². The molecule has 0 saturated carbocycles. The van der Waals surface area contributed by atoms with Gasteiger partial charge in [0.2, 0.25) is 0 Å². The molecule has 0 aliphatic carbocycles. The van der Waals surface area contributed by atoms with Crippen LogP contribution >= 0.6 is 11.6 Å². The molecule has 2 N–H and O–H groups in total. The predicted molar refractivity (Wildman–Crippen MR) is 84.1 cm³/mol. The van der Waals surface area contributed by atoms with E-state index in [4.69, 9.17) is 26.8 Å². The Labute approximate surface area is 129 Å². The minimum atomic E-state index is -0.643. The standard InChI is InChI=1S/C17H18ClNO2/c1-17(19,12-4-2-5-14(18)10-12)13-6-7-15-16(11-13)21-9-3-8-20-15/h2,4-7,10-11H,3,8-9,19H2,1H3. The van der Waals surface area contributed by atoms with Crippen LogP contribution in [0.15, 0.2) is 42.5 Å². The predicted octanol–water partition coefficient (Wildman–Crippen LogP) is 3.72. The molecule has 0 amide bonds. The summed E-state index contributed by atoms with van der Waals surface area (Å²) in [6.07, 6.45) is 0.887. The zero-order valence-corrected chi connectivity index (χ0v) is 12.7. The van der Waals surface area contributed by atoms with Crippen LogP contribution in [-0.4, -0.2) is 13.2 Å². The van der Waals surface area contributed by atoms with Crippen molar-refractivity contribution in [3.05, 3.63) is 58.6 Å². The molecule has 0 saturated heterocycles. The first kappa shape index (κ1) is 14.2. The molecule has 3 rings (SSSR count). The maximum Gasteiger partial charge on any atom is 0.161 e. The highest BCUT2D eigenvalue weighted by Gasteiger charge is 2.25. The Morgan fingerprint density at radius 1 is 1.00 bits per heavy atom. The summed E-state index contributed by atoms with van der Waals surface area (Å²) in [5, 5.41) is 0.679. The second-order valence-electron chi connectivity index (χ2n) is 5.42. The molecule has 1 atom stereocenters. The maximum absolute atomic E-state index is 6.55. The third kappa shape index (κ3) is 2.85. The van der Waals surface area contributed by atoms with Gasteiger partial charge in [-0.05, 0) is 42.3 Å². The lowest BCUT2D eigenvalue weighted by molar-refractivity contribution is 0.297. The zero-order chi connectivity index (χ0) is 14.9. The fraction of sp³-hybridized carbons (Fsp3) is 0.294. The molecule has 0 spiro atoms. The Kier molecular flexibility index (Phi) is 3.79. The van der Waals surface area contributed by atoms with Crippen molar-refractivity contribution in [2.45, 2.75) is 18.9 Å². The maximum atomic E-state index is 6.55. The third-order valence-corrected chi connectivity index (χ3v) is 4.01. The van der Waals surface area contributed by atoms with Gasteiger partial charge in [-0.3, -0.25) is 0 Å². The van der Waals surface area contributed by atoms with Gasteiger partial charge in [-0.2, -0.15) is 0 Å². The van der Waals surface area contributed by atoms with Crippen LogP contribution in [0, 0.1) is 0 Å². The Balaban J connectivity index is 2.01. The Morgan fingerprint density at radius 3 is 2.48 bits per heavy atom. The average molecular weight is 304 g/mol. The van der Waals surface area contributed by atoms with E-state index < -0.39 is 5.54 Å². The van der Waals surface area contributed by atoms with Gasteiger partial charge in [-0.1, -0.05) is 29.8 Å². The molecule has 21 heavy (non-hydrogen) atoms. The van der Waals surface area contributed by atoms with Gasteiger partial charge in [-0.15, -0.1) is 0 Å². The van der Waals surface area contributed by atoms with E-state index in [-0.39, 0.29) is 0 Å². The van der Waals surface area contributed by atoms with Gasteiger partial charge in [-0.25, -0.2) is 0 Å². The molecule has 1 aliphatic rings. The number of rotatable bonds is 2. The summed E-state index contributed by atoms with van der Waals surface area (Å²) in [5.41, 5.74) is 7.83. The molecule has 0 fully saturated rings. The summed E-state index contributed by atoms with van der Waals surface area (Å²) in [7, 11) is 0. The summed E-state index contributed by atoms with van der Waals surface area (Å²) in [6.45, 7) is 3.31. The molecular formula is C17H18ClNO2. The number of nitrogens with two attached hydrogens (primary N) is 1. The van der Waals surface area contributed by atoms with Gasteiger partial charge >= 0.3 is 0 Å². The highest BCUT2D eigenvalue weighted by atomic mass is 35.5. The molecule has 2 aromatic rings. The highest BCUT2D eigenvalue weighted by Crippen LogP contribution is 2.36. The van der Waals surface area contributed by atoms with Crippen molar-refractivity contribution in [3.63, 3.8) is 0 Å². The van der Waals surface area contributed by atoms with E-state index in [1.165, 1.54) is 0 Å². The quantitative estimate of drug-likeness (QED) is 0.919. The van der Waals surface area contributed by atoms with Gasteiger partial charge in [0.1, 0.15) is 0 Å². The van der Waals surface area contributed by atoms with Gasteiger partial charge in [0.15, 0.2) is 11.5 Å². The minimum Gasteiger partial charge on any atom is -0.490 e. The van der Waals surface area contributed by atoms with Crippen molar-refractivity contribution < 1.29 is 9.47 Å². The van der Waals surface area contributed by atoms with Crippen LogP contribution in [-0.2, 0) is 5.54 Å². The van der Waals surface area contributed by atoms with E-state index >= 15 is 0 Å². The van der Waals surface area contributed by atoms with Crippen LogP contribution in [0.25, 0.3) is 0 Å². The molecule has 0 bridgehead atoms. The summed E-state index contributed by atoms with van der Waals surface area (Å²) in [6, 6.07) is 13.5. The van der Waals surface area contributed by atoms with Crippen LogP contribution in [0.5, 0.6) is 11.5 Å². The first-order valence-electron chi connectivity index (χ1n) is 7.02. The third-order valence-electron chi connectivity index (χ3n) is 3.77. The molecule has 1 unspecified atom stereocenters. The SMILES string of the molecule is CC(N)(c1cccc(Cl)c1)c1ccc2c(c1)OCCCO2. The Bertz CT molecular complexity index is 655. The highest BCUT2D eigenvalue weighted by molar-refractivity contribution is 6.30. The van der Waals surface area contributed by atoms with E-state index in [0.717, 1.165) is 29.0 Å². The average Bonchev–Trinajstić information content (AvgIpc) is 2.71. The Morgan fingerprint density at radius 2 is 1.71 bits per heavy atom. The zero-order valence-electron chi connectivity index (χ0n) is 11.9. The van der Waals surface area contributed by atoms with Gasteiger partial charge in [0.05, 0.1) is 18.8 Å². The number of benzene rings is 2. The van der Waals surface area contributed by atoms with Crippen molar-refractivity contribution in [2.75, 3.05) is 13.2 Å². The lowest BCUT2D eigenvalue weighted by atomic mass is 9.85. The molecule has 0 aromatic heterocycles. The fourth-order valence-electron chi connectivity index (χ4n) is 2.46. The number of ether oxygens (including phenoxy) is 2. The normalized spacial score (nSPS) is 16.9. The summed E-state index contributed by atoms with van der Waals surface area (Å²) >= 11 is 6.08. The van der Waals surface area contributed by atoms with Crippen molar-refractivity contribution in [1.82, 2.24) is 0 Å². The summed E-state index contributed by atoms with van der Waals surface area (Å²) < 4.78 is 11.4. The number of fused-ring (bicyclic) bond motifs is 1. The van der Waals surface area contributed by atoms with Crippen LogP contribution in [0.4, 0.5) is 0 Å². The van der Waals surface area contributed by atoms with Crippen molar-refractivity contribution in [3.8, 4) is 11.5 Å². The van der Waals surface area contributed by atoms with Gasteiger partial charge in [0.25, 0.3) is 0 Å². The summed E-state index contributed by atoms with van der Waals surface area (Å²) in [4.78, 5) is 0. The first-order valence-corrected chi connectivity index (χ1v) is 7.40. The van der Waals surface area contributed by atoms with Crippen molar-refractivity contribution in [1.29, 1.82) is 0 Å². The van der Waals surface area contributed by atoms with E-state index in [1.54, 1.807) is 0 Å². The van der Waals surface area contributed by atoms with Gasteiger partial charge in [0, 0.05) is 11.4 Å². The second-order valence-corrected chi connectivity index (χ2v) is 5.86. The van der Waals surface area contributed by atoms with Crippen molar-refractivity contribution in [2.24, 2.45) is 5.73 Å². The molecular weight excluding hydrogens is 286 g/mol. The molecule has 2 aromatic carbocycles. The first-order chi connectivity index (χ1) is 10.1. The molecule has 4 heteroatoms. The fourth-order valence-corrected chi connectivity index (χ4v) is 2.65. The monoisotopic (exact) mass is 303 g/mol. The summed E-state index contributed by atoms with van der Waals surface area (Å²) in [5.74, 6) is 1.53. The lowest BCUT2D eigenvalue weighted by Gasteiger charge is -2.27. The molecule has 1 aliphatic heterocycles. The Hall–Kier alpha value is -1.71. The van der Waals surface area contributed by atoms with E-state index in [2.05, 4.69) is 0 Å². The van der Waals surface area contributed by atoms with Crippen LogP contribution < -0.4 is 15.2 Å². The van der Waals surface area contributed by atoms with Crippen LogP contribution in [0.3, 0.4) is 0 Å². The van der Waals surface area contributed by atoms with Crippen LogP contribution in [0.1, 0.15) is 24.5 Å². The minimum absolute atomic E-state index is 0.643. The van der Waals surface area contributed by atoms with Crippen molar-refractivity contribution >= 4 is 11.6 Å². The second kappa shape index (κ2) is 5.58. The number of halogens is 1.